The van der Waals surface area contributed by atoms with Crippen molar-refractivity contribution in [1.29, 1.82) is 0 Å². The average molecular weight is 281 g/mol. The fraction of sp³-hybridized carbons (Fsp3) is 0.0714. The number of halogens is 3. The van der Waals surface area contributed by atoms with Crippen molar-refractivity contribution in [2.24, 2.45) is 5.10 Å². The lowest BCUT2D eigenvalue weighted by Crippen LogP contribution is -1.94. The summed E-state index contributed by atoms with van der Waals surface area (Å²) >= 11 is 5.96. The minimum atomic E-state index is -0.660. The number of aryl methyl sites for hydroxylation is 1. The average Bonchev–Trinajstić information content (AvgIpc) is 2.36. The number of rotatable bonds is 3. The molecule has 2 aromatic rings. The third kappa shape index (κ3) is 3.51. The number of benzene rings is 2. The van der Waals surface area contributed by atoms with Crippen LogP contribution < -0.4 is 5.43 Å². The fourth-order valence-corrected chi connectivity index (χ4v) is 1.63. The first-order chi connectivity index (χ1) is 9.06. The third-order valence-corrected chi connectivity index (χ3v) is 2.94. The summed E-state index contributed by atoms with van der Waals surface area (Å²) in [4.78, 5) is 0. The van der Waals surface area contributed by atoms with Crippen molar-refractivity contribution in [2.45, 2.75) is 6.92 Å². The van der Waals surface area contributed by atoms with E-state index in [1.165, 1.54) is 18.3 Å². The maximum Gasteiger partial charge on any atom is 0.134 e. The van der Waals surface area contributed by atoms with Gasteiger partial charge in [0.2, 0.25) is 0 Å². The summed E-state index contributed by atoms with van der Waals surface area (Å²) in [6.07, 6.45) is 1.28. The monoisotopic (exact) mass is 280 g/mol. The number of hydrogen-bond acceptors (Lipinski definition) is 2. The lowest BCUT2D eigenvalue weighted by Gasteiger charge is -2.03. The highest BCUT2D eigenvalue weighted by molar-refractivity contribution is 6.31. The van der Waals surface area contributed by atoms with E-state index in [-0.39, 0.29) is 5.56 Å². The van der Waals surface area contributed by atoms with E-state index < -0.39 is 11.6 Å². The molecule has 0 saturated carbocycles. The van der Waals surface area contributed by atoms with Gasteiger partial charge in [0.1, 0.15) is 11.6 Å². The summed E-state index contributed by atoms with van der Waals surface area (Å²) in [5, 5.41) is 4.50. The summed E-state index contributed by atoms with van der Waals surface area (Å²) in [6.45, 7) is 1.89. The SMILES string of the molecule is Cc1ccc(N/N=C\c2ccc(F)cc2F)cc1Cl. The van der Waals surface area contributed by atoms with Crippen LogP contribution in [0, 0.1) is 18.6 Å². The Morgan fingerprint density at radius 3 is 2.63 bits per heavy atom. The Balaban J connectivity index is 2.09. The molecule has 0 aliphatic carbocycles. The number of nitrogens with one attached hydrogen (secondary N) is 1. The molecule has 0 heterocycles. The molecule has 19 heavy (non-hydrogen) atoms. The second-order valence-electron chi connectivity index (χ2n) is 4.00. The molecule has 2 rings (SSSR count). The first-order valence-corrected chi connectivity index (χ1v) is 5.94. The Kier molecular flexibility index (Phi) is 4.12. The number of anilines is 1. The van der Waals surface area contributed by atoms with Gasteiger partial charge in [0.25, 0.3) is 0 Å². The Bertz CT molecular complexity index is 627. The number of hydrazone groups is 1. The molecule has 0 amide bonds. The van der Waals surface area contributed by atoms with Crippen LogP contribution in [0.15, 0.2) is 41.5 Å². The van der Waals surface area contributed by atoms with E-state index in [2.05, 4.69) is 10.5 Å². The van der Waals surface area contributed by atoms with Crippen LogP contribution in [0.5, 0.6) is 0 Å². The van der Waals surface area contributed by atoms with Gasteiger partial charge in [-0.05, 0) is 36.8 Å². The molecule has 5 heteroatoms. The minimum Gasteiger partial charge on any atom is -0.278 e. The van der Waals surface area contributed by atoms with Crippen LogP contribution in [0.4, 0.5) is 14.5 Å². The summed E-state index contributed by atoms with van der Waals surface area (Å²) in [6, 6.07) is 8.67. The smallest absolute Gasteiger partial charge is 0.134 e. The van der Waals surface area contributed by atoms with Crippen LogP contribution in [0.1, 0.15) is 11.1 Å². The van der Waals surface area contributed by atoms with Gasteiger partial charge in [0, 0.05) is 16.7 Å². The predicted molar refractivity (Wildman–Crippen MR) is 73.8 cm³/mol. The van der Waals surface area contributed by atoms with Crippen molar-refractivity contribution < 1.29 is 8.78 Å². The minimum absolute atomic E-state index is 0.201. The lowest BCUT2D eigenvalue weighted by atomic mass is 10.2. The molecule has 0 aliphatic rings. The van der Waals surface area contributed by atoms with Crippen LogP contribution in [0.3, 0.4) is 0 Å². The molecule has 0 saturated heterocycles. The molecular weight excluding hydrogens is 270 g/mol. The molecule has 0 atom stereocenters. The van der Waals surface area contributed by atoms with Crippen LogP contribution in [-0.2, 0) is 0 Å². The molecule has 0 bridgehead atoms. The van der Waals surface area contributed by atoms with Crippen molar-refractivity contribution in [3.05, 3.63) is 64.2 Å². The highest BCUT2D eigenvalue weighted by Gasteiger charge is 2.01. The molecule has 2 aromatic carbocycles. The highest BCUT2D eigenvalue weighted by Crippen LogP contribution is 2.19. The van der Waals surface area contributed by atoms with Gasteiger partial charge in [0.15, 0.2) is 0 Å². The van der Waals surface area contributed by atoms with Crippen molar-refractivity contribution in [1.82, 2.24) is 0 Å². The summed E-state index contributed by atoms with van der Waals surface area (Å²) in [5.41, 5.74) is 4.58. The first kappa shape index (κ1) is 13.5. The molecule has 0 spiro atoms. The van der Waals surface area contributed by atoms with E-state index in [1.807, 2.05) is 13.0 Å². The molecule has 98 valence electrons. The van der Waals surface area contributed by atoms with Gasteiger partial charge in [-0.25, -0.2) is 8.78 Å². The Morgan fingerprint density at radius 1 is 1.16 bits per heavy atom. The van der Waals surface area contributed by atoms with Crippen molar-refractivity contribution in [2.75, 3.05) is 5.43 Å². The van der Waals surface area contributed by atoms with Crippen molar-refractivity contribution >= 4 is 23.5 Å². The standard InChI is InChI=1S/C14H11ClF2N2/c1-9-2-5-12(7-13(9)15)19-18-8-10-3-4-11(16)6-14(10)17/h2-8,19H,1H3/b18-8-. The highest BCUT2D eigenvalue weighted by atomic mass is 35.5. The quantitative estimate of drug-likeness (QED) is 0.655. The maximum atomic E-state index is 13.3. The van der Waals surface area contributed by atoms with Gasteiger partial charge in [-0.2, -0.15) is 5.10 Å². The summed E-state index contributed by atoms with van der Waals surface area (Å²) in [5.74, 6) is -1.28. The van der Waals surface area contributed by atoms with Gasteiger partial charge >= 0.3 is 0 Å². The summed E-state index contributed by atoms with van der Waals surface area (Å²) < 4.78 is 26.0. The van der Waals surface area contributed by atoms with E-state index in [0.717, 1.165) is 11.6 Å². The normalized spacial score (nSPS) is 10.9. The van der Waals surface area contributed by atoms with E-state index in [9.17, 15) is 8.78 Å². The molecule has 0 unspecified atom stereocenters. The number of nitrogens with zero attached hydrogens (tertiary/aromatic N) is 1. The predicted octanol–water partition coefficient (Wildman–Crippen LogP) is 4.37. The zero-order valence-electron chi connectivity index (χ0n) is 10.1. The number of hydrogen-bond donors (Lipinski definition) is 1. The zero-order valence-corrected chi connectivity index (χ0v) is 10.9. The molecule has 0 fully saturated rings. The van der Waals surface area contributed by atoms with Crippen LogP contribution >= 0.6 is 11.6 Å². The Hall–Kier alpha value is -1.94. The van der Waals surface area contributed by atoms with Gasteiger partial charge in [0.05, 0.1) is 11.9 Å². The first-order valence-electron chi connectivity index (χ1n) is 5.56. The van der Waals surface area contributed by atoms with Crippen LogP contribution in [-0.4, -0.2) is 6.21 Å². The van der Waals surface area contributed by atoms with Gasteiger partial charge in [-0.15, -0.1) is 0 Å². The summed E-state index contributed by atoms with van der Waals surface area (Å²) in [7, 11) is 0. The van der Waals surface area contributed by atoms with E-state index in [4.69, 9.17) is 11.6 Å². The van der Waals surface area contributed by atoms with E-state index in [0.29, 0.717) is 10.7 Å². The van der Waals surface area contributed by atoms with Gasteiger partial charge in [-0.1, -0.05) is 17.7 Å². The van der Waals surface area contributed by atoms with Gasteiger partial charge < -0.3 is 0 Å². The Labute approximate surface area is 114 Å². The molecule has 1 N–H and O–H groups in total. The fourth-order valence-electron chi connectivity index (χ4n) is 1.44. The Morgan fingerprint density at radius 2 is 1.95 bits per heavy atom. The zero-order chi connectivity index (χ0) is 13.8. The molecular formula is C14H11ClF2N2. The molecule has 0 aromatic heterocycles. The largest absolute Gasteiger partial charge is 0.278 e. The second-order valence-corrected chi connectivity index (χ2v) is 4.41. The van der Waals surface area contributed by atoms with Crippen molar-refractivity contribution in [3.63, 3.8) is 0 Å². The third-order valence-electron chi connectivity index (χ3n) is 2.53. The van der Waals surface area contributed by atoms with Gasteiger partial charge in [-0.3, -0.25) is 5.43 Å². The molecule has 0 radical (unpaired) electrons. The molecule has 2 nitrogen and oxygen atoms in total. The van der Waals surface area contributed by atoms with Crippen LogP contribution in [0.2, 0.25) is 5.02 Å². The van der Waals surface area contributed by atoms with Crippen molar-refractivity contribution in [3.8, 4) is 0 Å². The van der Waals surface area contributed by atoms with E-state index >= 15 is 0 Å². The lowest BCUT2D eigenvalue weighted by molar-refractivity contribution is 0.582. The maximum absolute atomic E-state index is 13.3. The topological polar surface area (TPSA) is 24.4 Å². The second kappa shape index (κ2) is 5.80. The van der Waals surface area contributed by atoms with Crippen LogP contribution in [0.25, 0.3) is 0 Å². The van der Waals surface area contributed by atoms with E-state index in [1.54, 1.807) is 12.1 Å². The molecule has 0 aliphatic heterocycles.